The van der Waals surface area contributed by atoms with E-state index in [1.165, 1.54) is 24.5 Å². The molecule has 0 aliphatic carbocycles. The minimum Gasteiger partial charge on any atom is -0.348 e. The van der Waals surface area contributed by atoms with Gasteiger partial charge in [-0.05, 0) is 50.0 Å². The van der Waals surface area contributed by atoms with Gasteiger partial charge in [0.2, 0.25) is 0 Å². The van der Waals surface area contributed by atoms with E-state index in [-0.39, 0.29) is 11.3 Å². The summed E-state index contributed by atoms with van der Waals surface area (Å²) in [7, 11) is 0. The molecule has 0 bridgehead atoms. The Hall–Kier alpha value is -2.73. The first-order valence-electron chi connectivity index (χ1n) is 8.87. The standard InChI is InChI=1S/C20H23N3O3/c1-15-7-6-10-18(19(15)23(25)26)20(24)21-13-16-8-2-3-9-17(16)14-22-11-4-5-12-22/h2-3,6-10H,4-5,11-14H2,1H3,(H,21,24). The number of rotatable bonds is 6. The first-order valence-corrected chi connectivity index (χ1v) is 8.87. The summed E-state index contributed by atoms with van der Waals surface area (Å²) in [5.74, 6) is -0.420. The Morgan fingerprint density at radius 1 is 1.12 bits per heavy atom. The van der Waals surface area contributed by atoms with E-state index in [2.05, 4.69) is 16.3 Å². The zero-order valence-electron chi connectivity index (χ0n) is 14.9. The molecule has 2 aromatic carbocycles. The SMILES string of the molecule is Cc1cccc(C(=O)NCc2ccccc2CN2CCCC2)c1[N+](=O)[O-]. The number of hydrogen-bond acceptors (Lipinski definition) is 4. The molecule has 26 heavy (non-hydrogen) atoms. The lowest BCUT2D eigenvalue weighted by Crippen LogP contribution is -2.25. The maximum Gasteiger partial charge on any atom is 0.285 e. The van der Waals surface area contributed by atoms with E-state index < -0.39 is 10.8 Å². The number of carbonyl (C=O) groups is 1. The molecule has 1 aliphatic rings. The van der Waals surface area contributed by atoms with Crippen LogP contribution in [0.3, 0.4) is 0 Å². The highest BCUT2D eigenvalue weighted by molar-refractivity contribution is 5.98. The number of nitro benzene ring substituents is 1. The third kappa shape index (κ3) is 4.08. The molecule has 6 nitrogen and oxygen atoms in total. The Bertz CT molecular complexity index is 814. The molecule has 1 fully saturated rings. The summed E-state index contributed by atoms with van der Waals surface area (Å²) in [5.41, 5.74) is 2.69. The van der Waals surface area contributed by atoms with Crippen LogP contribution in [0.15, 0.2) is 42.5 Å². The molecule has 6 heteroatoms. The van der Waals surface area contributed by atoms with Crippen molar-refractivity contribution in [1.82, 2.24) is 10.2 Å². The number of nitro groups is 1. The van der Waals surface area contributed by atoms with Crippen LogP contribution in [0, 0.1) is 17.0 Å². The van der Waals surface area contributed by atoms with Crippen LogP contribution in [0.4, 0.5) is 5.69 Å². The fourth-order valence-electron chi connectivity index (χ4n) is 3.42. The summed E-state index contributed by atoms with van der Waals surface area (Å²) in [6, 6.07) is 12.8. The highest BCUT2D eigenvalue weighted by atomic mass is 16.6. The van der Waals surface area contributed by atoms with Gasteiger partial charge in [0, 0.05) is 18.7 Å². The molecule has 0 spiro atoms. The molecule has 0 saturated carbocycles. The second-order valence-electron chi connectivity index (χ2n) is 6.66. The van der Waals surface area contributed by atoms with Gasteiger partial charge in [0.15, 0.2) is 0 Å². The quantitative estimate of drug-likeness (QED) is 0.638. The lowest BCUT2D eigenvalue weighted by Gasteiger charge is -2.17. The molecule has 1 heterocycles. The average Bonchev–Trinajstić information content (AvgIpc) is 3.13. The van der Waals surface area contributed by atoms with Gasteiger partial charge in [-0.2, -0.15) is 0 Å². The number of nitrogens with zero attached hydrogens (tertiary/aromatic N) is 2. The van der Waals surface area contributed by atoms with Crippen molar-refractivity contribution in [1.29, 1.82) is 0 Å². The van der Waals surface area contributed by atoms with Gasteiger partial charge in [0.05, 0.1) is 4.92 Å². The molecule has 0 aromatic heterocycles. The van der Waals surface area contributed by atoms with Crippen molar-refractivity contribution in [3.05, 3.63) is 74.8 Å². The average molecular weight is 353 g/mol. The highest BCUT2D eigenvalue weighted by Crippen LogP contribution is 2.23. The number of likely N-dealkylation sites (tertiary alicyclic amines) is 1. The largest absolute Gasteiger partial charge is 0.348 e. The summed E-state index contributed by atoms with van der Waals surface area (Å²) in [6.07, 6.45) is 2.46. The van der Waals surface area contributed by atoms with E-state index in [0.717, 1.165) is 25.2 Å². The number of nitrogens with one attached hydrogen (secondary N) is 1. The minimum atomic E-state index is -0.494. The summed E-state index contributed by atoms with van der Waals surface area (Å²) >= 11 is 0. The number of para-hydroxylation sites is 1. The van der Waals surface area contributed by atoms with Crippen LogP contribution in [-0.4, -0.2) is 28.8 Å². The Labute approximate surface area is 153 Å². The van der Waals surface area contributed by atoms with Crippen molar-refractivity contribution in [3.8, 4) is 0 Å². The molecule has 0 atom stereocenters. The van der Waals surface area contributed by atoms with E-state index in [1.807, 2.05) is 18.2 Å². The number of hydrogen-bond donors (Lipinski definition) is 1. The van der Waals surface area contributed by atoms with Gasteiger partial charge in [-0.1, -0.05) is 36.4 Å². The van der Waals surface area contributed by atoms with E-state index in [9.17, 15) is 14.9 Å². The fraction of sp³-hybridized carbons (Fsp3) is 0.350. The third-order valence-electron chi connectivity index (χ3n) is 4.82. The van der Waals surface area contributed by atoms with Crippen molar-refractivity contribution >= 4 is 11.6 Å². The maximum absolute atomic E-state index is 12.5. The molecule has 136 valence electrons. The summed E-state index contributed by atoms with van der Waals surface area (Å²) < 4.78 is 0. The zero-order chi connectivity index (χ0) is 18.5. The van der Waals surface area contributed by atoms with Crippen molar-refractivity contribution < 1.29 is 9.72 Å². The Kier molecular flexibility index (Phi) is 5.63. The molecule has 1 amide bonds. The van der Waals surface area contributed by atoms with Crippen molar-refractivity contribution in [3.63, 3.8) is 0 Å². The number of amides is 1. The van der Waals surface area contributed by atoms with Gasteiger partial charge in [-0.25, -0.2) is 0 Å². The molecule has 0 unspecified atom stereocenters. The molecular weight excluding hydrogens is 330 g/mol. The van der Waals surface area contributed by atoms with Crippen LogP contribution in [0.5, 0.6) is 0 Å². The van der Waals surface area contributed by atoms with Gasteiger partial charge < -0.3 is 5.32 Å². The molecule has 3 rings (SSSR count). The second kappa shape index (κ2) is 8.10. The molecule has 0 radical (unpaired) electrons. The minimum absolute atomic E-state index is 0.104. The van der Waals surface area contributed by atoms with E-state index in [1.54, 1.807) is 19.1 Å². The topological polar surface area (TPSA) is 75.5 Å². The third-order valence-corrected chi connectivity index (χ3v) is 4.82. The van der Waals surface area contributed by atoms with Crippen LogP contribution in [0.1, 0.15) is 39.9 Å². The Morgan fingerprint density at radius 2 is 1.81 bits per heavy atom. The summed E-state index contributed by atoms with van der Waals surface area (Å²) in [6.45, 7) is 5.08. The summed E-state index contributed by atoms with van der Waals surface area (Å²) in [4.78, 5) is 25.7. The first kappa shape index (κ1) is 18.1. The van der Waals surface area contributed by atoms with Crippen molar-refractivity contribution in [2.45, 2.75) is 32.9 Å². The molecule has 1 N–H and O–H groups in total. The van der Waals surface area contributed by atoms with Gasteiger partial charge in [0.25, 0.3) is 11.6 Å². The van der Waals surface area contributed by atoms with Crippen molar-refractivity contribution in [2.24, 2.45) is 0 Å². The van der Waals surface area contributed by atoms with Crippen LogP contribution < -0.4 is 5.32 Å². The number of carbonyl (C=O) groups excluding carboxylic acids is 1. The first-order chi connectivity index (χ1) is 12.6. The lowest BCUT2D eigenvalue weighted by atomic mass is 10.1. The van der Waals surface area contributed by atoms with E-state index >= 15 is 0 Å². The second-order valence-corrected chi connectivity index (χ2v) is 6.66. The monoisotopic (exact) mass is 353 g/mol. The van der Waals surface area contributed by atoms with Crippen LogP contribution in [0.2, 0.25) is 0 Å². The predicted molar refractivity (Wildman–Crippen MR) is 100.0 cm³/mol. The van der Waals surface area contributed by atoms with Gasteiger partial charge in [0.1, 0.15) is 5.56 Å². The smallest absolute Gasteiger partial charge is 0.285 e. The summed E-state index contributed by atoms with van der Waals surface area (Å²) in [5, 5.41) is 14.1. The molecule has 2 aromatic rings. The van der Waals surface area contributed by atoms with Gasteiger partial charge in [-0.15, -0.1) is 0 Å². The normalized spacial score (nSPS) is 14.3. The maximum atomic E-state index is 12.5. The van der Waals surface area contributed by atoms with Crippen LogP contribution >= 0.6 is 0 Å². The van der Waals surface area contributed by atoms with Gasteiger partial charge in [-0.3, -0.25) is 19.8 Å². The molecule has 1 saturated heterocycles. The van der Waals surface area contributed by atoms with E-state index in [4.69, 9.17) is 0 Å². The fourth-order valence-corrected chi connectivity index (χ4v) is 3.42. The zero-order valence-corrected chi connectivity index (χ0v) is 14.9. The highest BCUT2D eigenvalue weighted by Gasteiger charge is 2.22. The molecular formula is C20H23N3O3. The predicted octanol–water partition coefficient (Wildman–Crippen LogP) is 3.43. The van der Waals surface area contributed by atoms with E-state index in [0.29, 0.717) is 12.1 Å². The Balaban J connectivity index is 1.73. The van der Waals surface area contributed by atoms with Gasteiger partial charge >= 0.3 is 0 Å². The van der Waals surface area contributed by atoms with Crippen LogP contribution in [0.25, 0.3) is 0 Å². The van der Waals surface area contributed by atoms with Crippen molar-refractivity contribution in [2.75, 3.05) is 13.1 Å². The number of benzene rings is 2. The Morgan fingerprint density at radius 3 is 2.50 bits per heavy atom. The number of aryl methyl sites for hydroxylation is 1. The molecule has 1 aliphatic heterocycles. The lowest BCUT2D eigenvalue weighted by molar-refractivity contribution is -0.385. The van der Waals surface area contributed by atoms with Crippen LogP contribution in [-0.2, 0) is 13.1 Å².